The molecule has 1 rings (SSSR count). The lowest BCUT2D eigenvalue weighted by atomic mass is 9.73. The first-order valence-corrected chi connectivity index (χ1v) is 7.94. The third kappa shape index (κ3) is 5.39. The molecule has 1 aromatic rings. The lowest BCUT2D eigenvalue weighted by Crippen LogP contribution is -2.46. The van der Waals surface area contributed by atoms with Gasteiger partial charge in [-0.25, -0.2) is 8.78 Å². The van der Waals surface area contributed by atoms with Crippen molar-refractivity contribution in [1.29, 1.82) is 0 Å². The average molecular weight is 297 g/mol. The van der Waals surface area contributed by atoms with E-state index in [4.69, 9.17) is 0 Å². The van der Waals surface area contributed by atoms with Gasteiger partial charge in [0.25, 0.3) is 0 Å². The van der Waals surface area contributed by atoms with Crippen molar-refractivity contribution >= 4 is 0 Å². The minimum Gasteiger partial charge on any atom is -0.311 e. The van der Waals surface area contributed by atoms with Gasteiger partial charge in [-0.2, -0.15) is 0 Å². The van der Waals surface area contributed by atoms with E-state index in [0.29, 0.717) is 0 Å². The van der Waals surface area contributed by atoms with Crippen LogP contribution in [0, 0.1) is 11.6 Å². The van der Waals surface area contributed by atoms with Crippen molar-refractivity contribution in [2.45, 2.75) is 71.3 Å². The Balaban J connectivity index is 3.20. The van der Waals surface area contributed by atoms with Crippen LogP contribution in [0.1, 0.15) is 65.9 Å². The monoisotopic (exact) mass is 297 g/mol. The minimum atomic E-state index is -0.489. The van der Waals surface area contributed by atoms with Gasteiger partial charge < -0.3 is 5.32 Å². The number of nitrogens with one attached hydrogen (secondary N) is 1. The molecule has 1 N–H and O–H groups in total. The summed E-state index contributed by atoms with van der Waals surface area (Å²) in [6.07, 6.45) is 3.83. The Morgan fingerprint density at radius 3 is 1.76 bits per heavy atom. The molecule has 0 amide bonds. The fourth-order valence-electron chi connectivity index (χ4n) is 2.94. The fraction of sp³-hybridized carbons (Fsp3) is 0.667. The molecule has 0 aliphatic heterocycles. The Morgan fingerprint density at radius 1 is 0.905 bits per heavy atom. The molecule has 0 aliphatic carbocycles. The topological polar surface area (TPSA) is 12.0 Å². The van der Waals surface area contributed by atoms with Crippen LogP contribution in [0.3, 0.4) is 0 Å². The fourth-order valence-corrected chi connectivity index (χ4v) is 2.94. The highest BCUT2D eigenvalue weighted by Gasteiger charge is 2.32. The van der Waals surface area contributed by atoms with Gasteiger partial charge in [0, 0.05) is 23.6 Å². The standard InChI is InChI=1S/C18H29F2N/c1-6-8-18(9-7-2,13-21-17(3,4)5)14-10-15(19)12-16(20)11-14/h10-12,21H,6-9,13H2,1-5H3. The second kappa shape index (κ2) is 7.35. The van der Waals surface area contributed by atoms with Crippen LogP contribution < -0.4 is 5.32 Å². The number of rotatable bonds is 7. The number of hydrogen-bond acceptors (Lipinski definition) is 1. The summed E-state index contributed by atoms with van der Waals surface area (Å²) in [6, 6.07) is 3.95. The van der Waals surface area contributed by atoms with Crippen molar-refractivity contribution in [2.24, 2.45) is 0 Å². The molecule has 0 saturated heterocycles. The predicted octanol–water partition coefficient (Wildman–Crippen LogP) is 5.19. The third-order valence-corrected chi connectivity index (χ3v) is 3.89. The predicted molar refractivity (Wildman–Crippen MR) is 85.6 cm³/mol. The summed E-state index contributed by atoms with van der Waals surface area (Å²) in [4.78, 5) is 0. The first kappa shape index (κ1) is 18.1. The van der Waals surface area contributed by atoms with Crippen molar-refractivity contribution in [3.63, 3.8) is 0 Å². The molecule has 0 bridgehead atoms. The maximum atomic E-state index is 13.7. The molecule has 0 heterocycles. The zero-order chi connectivity index (χ0) is 16.1. The van der Waals surface area contributed by atoms with Crippen LogP contribution in [0.2, 0.25) is 0 Å². The first-order chi connectivity index (χ1) is 9.72. The molecule has 21 heavy (non-hydrogen) atoms. The molecular weight excluding hydrogens is 268 g/mol. The van der Waals surface area contributed by atoms with Gasteiger partial charge in [0.05, 0.1) is 0 Å². The zero-order valence-corrected chi connectivity index (χ0v) is 14.0. The number of hydrogen-bond donors (Lipinski definition) is 1. The van der Waals surface area contributed by atoms with Gasteiger partial charge in [-0.1, -0.05) is 26.7 Å². The average Bonchev–Trinajstić information content (AvgIpc) is 2.34. The number of benzene rings is 1. The van der Waals surface area contributed by atoms with Gasteiger partial charge in [0.1, 0.15) is 11.6 Å². The zero-order valence-electron chi connectivity index (χ0n) is 14.0. The molecule has 0 spiro atoms. The van der Waals surface area contributed by atoms with Crippen LogP contribution >= 0.6 is 0 Å². The second-order valence-corrected chi connectivity index (χ2v) is 7.04. The van der Waals surface area contributed by atoms with E-state index in [9.17, 15) is 8.78 Å². The highest BCUT2D eigenvalue weighted by atomic mass is 19.1. The smallest absolute Gasteiger partial charge is 0.126 e. The summed E-state index contributed by atoms with van der Waals surface area (Å²) in [5, 5.41) is 3.52. The summed E-state index contributed by atoms with van der Waals surface area (Å²) in [5.74, 6) is -0.977. The highest BCUT2D eigenvalue weighted by Crippen LogP contribution is 2.35. The van der Waals surface area contributed by atoms with E-state index in [1.165, 1.54) is 12.1 Å². The van der Waals surface area contributed by atoms with Gasteiger partial charge in [0.2, 0.25) is 0 Å². The quantitative estimate of drug-likeness (QED) is 0.730. The van der Waals surface area contributed by atoms with Gasteiger partial charge in [0.15, 0.2) is 0 Å². The van der Waals surface area contributed by atoms with E-state index in [1.807, 2.05) is 0 Å². The van der Waals surface area contributed by atoms with Crippen molar-refractivity contribution in [1.82, 2.24) is 5.32 Å². The molecule has 1 aromatic carbocycles. The highest BCUT2D eigenvalue weighted by molar-refractivity contribution is 5.28. The SMILES string of the molecule is CCCC(CCC)(CNC(C)(C)C)c1cc(F)cc(F)c1. The van der Waals surface area contributed by atoms with Gasteiger partial charge in [-0.05, 0) is 51.3 Å². The molecule has 0 saturated carbocycles. The first-order valence-electron chi connectivity index (χ1n) is 7.94. The normalized spacial score (nSPS) is 12.7. The van der Waals surface area contributed by atoms with E-state index in [-0.39, 0.29) is 11.0 Å². The van der Waals surface area contributed by atoms with Crippen LogP contribution in [0.25, 0.3) is 0 Å². The molecule has 0 radical (unpaired) electrons. The van der Waals surface area contributed by atoms with Crippen LogP contribution in [-0.2, 0) is 5.41 Å². The molecule has 1 nitrogen and oxygen atoms in total. The van der Waals surface area contributed by atoms with Crippen molar-refractivity contribution < 1.29 is 8.78 Å². The summed E-state index contributed by atoms with van der Waals surface area (Å²) < 4.78 is 27.3. The van der Waals surface area contributed by atoms with Crippen LogP contribution in [-0.4, -0.2) is 12.1 Å². The molecular formula is C18H29F2N. The Kier molecular flexibility index (Phi) is 6.33. The van der Waals surface area contributed by atoms with E-state index in [2.05, 4.69) is 39.9 Å². The molecule has 0 fully saturated rings. The molecule has 0 atom stereocenters. The lowest BCUT2D eigenvalue weighted by Gasteiger charge is -2.37. The van der Waals surface area contributed by atoms with E-state index < -0.39 is 11.6 Å². The molecule has 0 aliphatic rings. The van der Waals surface area contributed by atoms with E-state index in [0.717, 1.165) is 43.9 Å². The summed E-state index contributed by atoms with van der Waals surface area (Å²) in [5.41, 5.74) is 0.554. The number of halogens is 2. The Hall–Kier alpha value is -0.960. The molecule has 0 aromatic heterocycles. The van der Waals surface area contributed by atoms with E-state index in [1.54, 1.807) is 0 Å². The summed E-state index contributed by atoms with van der Waals surface area (Å²) in [6.45, 7) is 11.3. The molecule has 0 unspecified atom stereocenters. The molecule has 3 heteroatoms. The van der Waals surface area contributed by atoms with Crippen molar-refractivity contribution in [3.05, 3.63) is 35.4 Å². The van der Waals surface area contributed by atoms with Crippen LogP contribution in [0.5, 0.6) is 0 Å². The Morgan fingerprint density at radius 2 is 1.38 bits per heavy atom. The Bertz CT molecular complexity index is 423. The summed E-state index contributed by atoms with van der Waals surface area (Å²) >= 11 is 0. The third-order valence-electron chi connectivity index (χ3n) is 3.89. The Labute approximate surface area is 128 Å². The van der Waals surface area contributed by atoms with Crippen LogP contribution in [0.15, 0.2) is 18.2 Å². The van der Waals surface area contributed by atoms with E-state index >= 15 is 0 Å². The summed E-state index contributed by atoms with van der Waals surface area (Å²) in [7, 11) is 0. The van der Waals surface area contributed by atoms with Crippen molar-refractivity contribution in [3.8, 4) is 0 Å². The lowest BCUT2D eigenvalue weighted by molar-refractivity contribution is 0.291. The molecule has 120 valence electrons. The van der Waals surface area contributed by atoms with Crippen LogP contribution in [0.4, 0.5) is 8.78 Å². The van der Waals surface area contributed by atoms with Gasteiger partial charge in [-0.3, -0.25) is 0 Å². The largest absolute Gasteiger partial charge is 0.311 e. The second-order valence-electron chi connectivity index (χ2n) is 7.04. The maximum absolute atomic E-state index is 13.7. The maximum Gasteiger partial charge on any atom is 0.126 e. The van der Waals surface area contributed by atoms with Gasteiger partial charge in [-0.15, -0.1) is 0 Å². The minimum absolute atomic E-state index is 0.0153. The van der Waals surface area contributed by atoms with Crippen molar-refractivity contribution in [2.75, 3.05) is 6.54 Å². The van der Waals surface area contributed by atoms with Gasteiger partial charge >= 0.3 is 0 Å².